The van der Waals surface area contributed by atoms with Gasteiger partial charge in [0.1, 0.15) is 5.75 Å². The van der Waals surface area contributed by atoms with Gasteiger partial charge in [0, 0.05) is 12.1 Å². The summed E-state index contributed by atoms with van der Waals surface area (Å²) in [6.45, 7) is 2.28. The number of hydrogen-bond acceptors (Lipinski definition) is 2. The molecule has 0 aliphatic heterocycles. The molecule has 2 rings (SSSR count). The summed E-state index contributed by atoms with van der Waals surface area (Å²) in [4.78, 5) is 12.2. The highest BCUT2D eigenvalue weighted by molar-refractivity contribution is 5.97. The van der Waals surface area contributed by atoms with Crippen molar-refractivity contribution >= 4 is 5.78 Å². The van der Waals surface area contributed by atoms with Crippen LogP contribution in [0.5, 0.6) is 5.75 Å². The average Bonchev–Trinajstić information content (AvgIpc) is 2.40. The molecule has 1 aromatic heterocycles. The van der Waals surface area contributed by atoms with Gasteiger partial charge in [-0.1, -0.05) is 17.7 Å². The topological polar surface area (TPSA) is 30.2 Å². The van der Waals surface area contributed by atoms with Gasteiger partial charge < -0.3 is 4.74 Å². The molecular formula is C15H16NO2+. The monoisotopic (exact) mass is 242 g/mol. The van der Waals surface area contributed by atoms with Crippen molar-refractivity contribution in [1.82, 2.24) is 0 Å². The Morgan fingerprint density at radius 1 is 1.22 bits per heavy atom. The van der Waals surface area contributed by atoms with Crippen molar-refractivity contribution in [2.45, 2.75) is 13.5 Å². The number of pyridine rings is 1. The van der Waals surface area contributed by atoms with Crippen LogP contribution in [-0.4, -0.2) is 12.9 Å². The van der Waals surface area contributed by atoms with E-state index in [4.69, 9.17) is 4.74 Å². The number of carbonyl (C=O) groups is 1. The van der Waals surface area contributed by atoms with E-state index in [1.54, 1.807) is 7.11 Å². The highest BCUT2D eigenvalue weighted by Gasteiger charge is 2.16. The standard InChI is InChI=1S/C15H16NO2/c1-12-6-7-15(18-2)13(10-12)14(17)11-16-8-4-3-5-9-16/h3-10H,11H2,1-2H3/q+1. The molecule has 0 N–H and O–H groups in total. The van der Waals surface area contributed by atoms with E-state index in [2.05, 4.69) is 0 Å². The van der Waals surface area contributed by atoms with E-state index in [1.165, 1.54) is 0 Å². The summed E-state index contributed by atoms with van der Waals surface area (Å²) in [5.74, 6) is 0.675. The third-order valence-electron chi connectivity index (χ3n) is 2.76. The van der Waals surface area contributed by atoms with Gasteiger partial charge in [0.25, 0.3) is 0 Å². The molecule has 0 aliphatic rings. The predicted molar refractivity (Wildman–Crippen MR) is 68.7 cm³/mol. The number of carbonyl (C=O) groups excluding carboxylic acids is 1. The predicted octanol–water partition coefficient (Wildman–Crippen LogP) is 2.17. The molecule has 1 heterocycles. The van der Waals surface area contributed by atoms with Gasteiger partial charge in [-0.25, -0.2) is 0 Å². The maximum atomic E-state index is 12.2. The minimum Gasteiger partial charge on any atom is -0.496 e. The first kappa shape index (κ1) is 12.3. The number of hydrogen-bond donors (Lipinski definition) is 0. The first-order valence-corrected chi connectivity index (χ1v) is 5.82. The van der Waals surface area contributed by atoms with E-state index in [9.17, 15) is 4.79 Å². The zero-order chi connectivity index (χ0) is 13.0. The van der Waals surface area contributed by atoms with Gasteiger partial charge in [-0.2, -0.15) is 4.57 Å². The molecule has 0 unspecified atom stereocenters. The summed E-state index contributed by atoms with van der Waals surface area (Å²) in [5.41, 5.74) is 1.69. The normalized spacial score (nSPS) is 10.1. The van der Waals surface area contributed by atoms with Gasteiger partial charge in [0.15, 0.2) is 12.4 Å². The lowest BCUT2D eigenvalue weighted by molar-refractivity contribution is -0.683. The number of Topliss-reactive ketones (excluding diaryl/α,β-unsaturated/α-hetero) is 1. The van der Waals surface area contributed by atoms with E-state index < -0.39 is 0 Å². The zero-order valence-corrected chi connectivity index (χ0v) is 10.6. The fourth-order valence-corrected chi connectivity index (χ4v) is 1.83. The second-order valence-electron chi connectivity index (χ2n) is 4.17. The summed E-state index contributed by atoms with van der Waals surface area (Å²) in [7, 11) is 1.58. The lowest BCUT2D eigenvalue weighted by atomic mass is 10.1. The highest BCUT2D eigenvalue weighted by atomic mass is 16.5. The molecule has 0 fully saturated rings. The quantitative estimate of drug-likeness (QED) is 0.607. The molecule has 0 spiro atoms. The molecule has 1 aromatic carbocycles. The van der Waals surface area contributed by atoms with Crippen molar-refractivity contribution in [2.75, 3.05) is 7.11 Å². The van der Waals surface area contributed by atoms with Crippen LogP contribution in [0.15, 0.2) is 48.8 Å². The van der Waals surface area contributed by atoms with Crippen molar-refractivity contribution in [2.24, 2.45) is 0 Å². The molecule has 2 aromatic rings. The highest BCUT2D eigenvalue weighted by Crippen LogP contribution is 2.20. The molecule has 3 nitrogen and oxygen atoms in total. The second-order valence-corrected chi connectivity index (χ2v) is 4.17. The van der Waals surface area contributed by atoms with Crippen molar-refractivity contribution in [1.29, 1.82) is 0 Å². The van der Waals surface area contributed by atoms with Crippen molar-refractivity contribution < 1.29 is 14.1 Å². The molecule has 18 heavy (non-hydrogen) atoms. The fraction of sp³-hybridized carbons (Fsp3) is 0.200. The molecule has 3 heteroatoms. The van der Waals surface area contributed by atoms with Crippen LogP contribution in [0.1, 0.15) is 15.9 Å². The molecule has 0 aliphatic carbocycles. The number of methoxy groups -OCH3 is 1. The Balaban J connectivity index is 2.26. The minimum atomic E-state index is 0.0479. The summed E-state index contributed by atoms with van der Waals surface area (Å²) in [6, 6.07) is 11.4. The van der Waals surface area contributed by atoms with E-state index >= 15 is 0 Å². The van der Waals surface area contributed by atoms with Crippen LogP contribution in [-0.2, 0) is 6.54 Å². The van der Waals surface area contributed by atoms with Crippen LogP contribution < -0.4 is 9.30 Å². The Morgan fingerprint density at radius 3 is 2.61 bits per heavy atom. The summed E-state index contributed by atoms with van der Waals surface area (Å²) in [6.07, 6.45) is 3.75. The van der Waals surface area contributed by atoms with Gasteiger partial charge in [-0.15, -0.1) is 0 Å². The second kappa shape index (κ2) is 5.45. The van der Waals surface area contributed by atoms with Crippen molar-refractivity contribution in [3.63, 3.8) is 0 Å². The van der Waals surface area contributed by atoms with E-state index in [0.717, 1.165) is 5.56 Å². The Kier molecular flexibility index (Phi) is 3.72. The molecular weight excluding hydrogens is 226 g/mol. The molecule has 0 radical (unpaired) electrons. The number of ether oxygens (including phenoxy) is 1. The Morgan fingerprint density at radius 2 is 1.94 bits per heavy atom. The third kappa shape index (κ3) is 2.74. The summed E-state index contributed by atoms with van der Waals surface area (Å²) >= 11 is 0. The molecule has 0 bridgehead atoms. The van der Waals surface area contributed by atoms with E-state index in [-0.39, 0.29) is 5.78 Å². The van der Waals surface area contributed by atoms with Gasteiger partial charge >= 0.3 is 0 Å². The van der Waals surface area contributed by atoms with Crippen LogP contribution >= 0.6 is 0 Å². The third-order valence-corrected chi connectivity index (χ3v) is 2.76. The molecule has 0 saturated carbocycles. The number of ketones is 1. The Bertz CT molecular complexity index is 550. The SMILES string of the molecule is COc1ccc(C)cc1C(=O)C[n+]1ccccc1. The van der Waals surface area contributed by atoms with Gasteiger partial charge in [-0.3, -0.25) is 4.79 Å². The number of aryl methyl sites for hydroxylation is 1. The molecule has 0 amide bonds. The number of rotatable bonds is 4. The minimum absolute atomic E-state index is 0.0479. The van der Waals surface area contributed by atoms with Gasteiger partial charge in [-0.05, 0) is 19.1 Å². The van der Waals surface area contributed by atoms with Crippen LogP contribution in [0, 0.1) is 6.92 Å². The summed E-state index contributed by atoms with van der Waals surface area (Å²) < 4.78 is 7.08. The lowest BCUT2D eigenvalue weighted by Crippen LogP contribution is -2.36. The summed E-state index contributed by atoms with van der Waals surface area (Å²) in [5, 5.41) is 0. The molecule has 0 atom stereocenters. The van der Waals surface area contributed by atoms with Crippen LogP contribution in [0.2, 0.25) is 0 Å². The average molecular weight is 242 g/mol. The Hall–Kier alpha value is -2.16. The fourth-order valence-electron chi connectivity index (χ4n) is 1.83. The lowest BCUT2D eigenvalue weighted by Gasteiger charge is -2.07. The Labute approximate surface area is 107 Å². The molecule has 92 valence electrons. The molecule has 0 saturated heterocycles. The van der Waals surface area contributed by atoms with Crippen LogP contribution in [0.25, 0.3) is 0 Å². The first-order chi connectivity index (χ1) is 8.70. The van der Waals surface area contributed by atoms with Gasteiger partial charge in [0.2, 0.25) is 12.3 Å². The van der Waals surface area contributed by atoms with E-state index in [1.807, 2.05) is 60.3 Å². The zero-order valence-electron chi connectivity index (χ0n) is 10.6. The smallest absolute Gasteiger partial charge is 0.231 e. The van der Waals surface area contributed by atoms with E-state index in [0.29, 0.717) is 17.9 Å². The van der Waals surface area contributed by atoms with Crippen molar-refractivity contribution in [3.05, 3.63) is 59.9 Å². The number of benzene rings is 1. The van der Waals surface area contributed by atoms with Crippen LogP contribution in [0.4, 0.5) is 0 Å². The largest absolute Gasteiger partial charge is 0.496 e. The van der Waals surface area contributed by atoms with Crippen LogP contribution in [0.3, 0.4) is 0 Å². The van der Waals surface area contributed by atoms with Gasteiger partial charge in [0.05, 0.1) is 12.7 Å². The van der Waals surface area contributed by atoms with Crippen molar-refractivity contribution in [3.8, 4) is 5.75 Å². The number of aromatic nitrogens is 1. The first-order valence-electron chi connectivity index (χ1n) is 5.82. The number of nitrogens with zero attached hydrogens (tertiary/aromatic N) is 1. The maximum Gasteiger partial charge on any atom is 0.231 e. The maximum absolute atomic E-state index is 12.2.